The molecule has 4 rings (SSSR count). The molecule has 2 aliphatic heterocycles. The highest BCUT2D eigenvalue weighted by molar-refractivity contribution is 6.04. The highest BCUT2D eigenvalue weighted by atomic mass is 16.2. The molecule has 0 bridgehead atoms. The fourth-order valence-corrected chi connectivity index (χ4v) is 4.02. The number of amides is 1. The van der Waals surface area contributed by atoms with Gasteiger partial charge in [-0.2, -0.15) is 0 Å². The summed E-state index contributed by atoms with van der Waals surface area (Å²) < 4.78 is 0. The quantitative estimate of drug-likeness (QED) is 0.885. The van der Waals surface area contributed by atoms with E-state index in [1.54, 1.807) is 0 Å². The normalized spacial score (nSPS) is 19.7. The summed E-state index contributed by atoms with van der Waals surface area (Å²) in [5.74, 6) is 1.02. The van der Waals surface area contributed by atoms with Gasteiger partial charge in [0, 0.05) is 42.6 Å². The highest BCUT2D eigenvalue weighted by Gasteiger charge is 2.28. The van der Waals surface area contributed by atoms with E-state index in [2.05, 4.69) is 16.0 Å². The van der Waals surface area contributed by atoms with Crippen LogP contribution in [0.3, 0.4) is 0 Å². The van der Waals surface area contributed by atoms with Gasteiger partial charge in [-0.3, -0.25) is 4.79 Å². The lowest BCUT2D eigenvalue weighted by molar-refractivity contribution is 0.0976. The van der Waals surface area contributed by atoms with E-state index in [4.69, 9.17) is 10.7 Å². The molecule has 1 aromatic carbocycles. The molecular formula is C21H27N5O. The maximum atomic E-state index is 13.4. The minimum absolute atomic E-state index is 0.114. The Balaban J connectivity index is 1.71. The van der Waals surface area contributed by atoms with Gasteiger partial charge in [0.25, 0.3) is 5.91 Å². The van der Waals surface area contributed by atoms with E-state index < -0.39 is 0 Å². The van der Waals surface area contributed by atoms with E-state index in [0.29, 0.717) is 6.54 Å². The maximum Gasteiger partial charge on any atom is 0.296 e. The number of hydrogen-bond donors (Lipinski definition) is 1. The number of carbonyl (C=O) groups excluding carboxylic acids is 1. The van der Waals surface area contributed by atoms with Gasteiger partial charge in [0.15, 0.2) is 0 Å². The number of nitrogens with zero attached hydrogens (tertiary/aromatic N) is 4. The molecule has 142 valence electrons. The minimum atomic E-state index is -0.114. The van der Waals surface area contributed by atoms with E-state index >= 15 is 0 Å². The molecule has 3 heterocycles. The summed E-state index contributed by atoms with van der Waals surface area (Å²) in [6, 6.07) is 8.33. The summed E-state index contributed by atoms with van der Waals surface area (Å²) in [4.78, 5) is 26.6. The summed E-state index contributed by atoms with van der Waals surface area (Å²) in [6.45, 7) is 6.32. The minimum Gasteiger partial charge on any atom is -0.355 e. The van der Waals surface area contributed by atoms with E-state index in [0.717, 1.165) is 61.5 Å². The molecule has 6 heteroatoms. The van der Waals surface area contributed by atoms with Gasteiger partial charge in [-0.15, -0.1) is 0 Å². The number of anilines is 2. The number of aromatic nitrogens is 2. The smallest absolute Gasteiger partial charge is 0.296 e. The van der Waals surface area contributed by atoms with Crippen LogP contribution < -0.4 is 15.5 Å². The van der Waals surface area contributed by atoms with Crippen LogP contribution in [0.4, 0.5) is 11.5 Å². The first-order valence-corrected chi connectivity index (χ1v) is 9.80. The Morgan fingerprint density at radius 2 is 1.96 bits per heavy atom. The number of rotatable bonds is 2. The largest absolute Gasteiger partial charge is 0.355 e. The third-order valence-corrected chi connectivity index (χ3v) is 5.68. The van der Waals surface area contributed by atoms with Crippen LogP contribution in [0.1, 0.15) is 46.7 Å². The zero-order valence-corrected chi connectivity index (χ0v) is 16.1. The van der Waals surface area contributed by atoms with E-state index in [9.17, 15) is 4.79 Å². The molecule has 1 amide bonds. The molecule has 2 aliphatic rings. The van der Waals surface area contributed by atoms with Gasteiger partial charge in [0.1, 0.15) is 5.82 Å². The van der Waals surface area contributed by atoms with Crippen LogP contribution in [-0.4, -0.2) is 41.6 Å². The number of para-hydroxylation sites is 1. The average Bonchev–Trinajstić information content (AvgIpc) is 2.98. The van der Waals surface area contributed by atoms with Crippen molar-refractivity contribution >= 4 is 17.4 Å². The second-order valence-corrected chi connectivity index (χ2v) is 7.62. The Labute approximate surface area is 160 Å². The van der Waals surface area contributed by atoms with Crippen molar-refractivity contribution in [3.05, 3.63) is 46.9 Å². The number of hydrogen-bond acceptors (Lipinski definition) is 5. The monoisotopic (exact) mass is 365 g/mol. The summed E-state index contributed by atoms with van der Waals surface area (Å²) in [7, 11) is 0. The average molecular weight is 365 g/mol. The summed E-state index contributed by atoms with van der Waals surface area (Å²) in [5, 5.41) is 0. The topological polar surface area (TPSA) is 75.4 Å². The SMILES string of the molecule is Cc1nc(C(=O)N2CCCCc3ccccc32)nc(N2CC[C@@H](N)C2)c1C. The molecule has 0 aliphatic carbocycles. The summed E-state index contributed by atoms with van der Waals surface area (Å²) in [6.07, 6.45) is 4.03. The molecule has 1 fully saturated rings. The van der Waals surface area contributed by atoms with Crippen molar-refractivity contribution in [1.82, 2.24) is 9.97 Å². The van der Waals surface area contributed by atoms with Crippen LogP contribution >= 0.6 is 0 Å². The van der Waals surface area contributed by atoms with Gasteiger partial charge in [0.05, 0.1) is 0 Å². The standard InChI is InChI=1S/C21H27N5O/c1-14-15(2)23-19(24-20(14)25-12-10-17(22)13-25)21(27)26-11-6-5-8-16-7-3-4-9-18(16)26/h3-4,7,9,17H,5-6,8,10-13,22H2,1-2H3/t17-/m1/s1. The summed E-state index contributed by atoms with van der Waals surface area (Å²) >= 11 is 0. The lowest BCUT2D eigenvalue weighted by atomic mass is 10.1. The van der Waals surface area contributed by atoms with Gasteiger partial charge in [-0.25, -0.2) is 9.97 Å². The number of aryl methyl sites for hydroxylation is 2. The van der Waals surface area contributed by atoms with Crippen molar-refractivity contribution < 1.29 is 4.79 Å². The Morgan fingerprint density at radius 1 is 1.15 bits per heavy atom. The van der Waals surface area contributed by atoms with E-state index in [-0.39, 0.29) is 17.8 Å². The third kappa shape index (κ3) is 3.41. The van der Waals surface area contributed by atoms with Crippen molar-refractivity contribution in [2.75, 3.05) is 29.4 Å². The van der Waals surface area contributed by atoms with Crippen LogP contribution in [0.5, 0.6) is 0 Å². The molecular weight excluding hydrogens is 338 g/mol. The first-order valence-electron chi connectivity index (χ1n) is 9.80. The maximum absolute atomic E-state index is 13.4. The lowest BCUT2D eigenvalue weighted by Gasteiger charge is -2.24. The van der Waals surface area contributed by atoms with E-state index in [1.165, 1.54) is 5.56 Å². The van der Waals surface area contributed by atoms with E-state index in [1.807, 2.05) is 36.9 Å². The molecule has 2 aromatic rings. The molecule has 2 N–H and O–H groups in total. The fraction of sp³-hybridized carbons (Fsp3) is 0.476. The van der Waals surface area contributed by atoms with Crippen molar-refractivity contribution in [1.29, 1.82) is 0 Å². The molecule has 1 saturated heterocycles. The number of nitrogens with two attached hydrogens (primary N) is 1. The predicted octanol–water partition coefficient (Wildman–Crippen LogP) is 2.61. The lowest BCUT2D eigenvalue weighted by Crippen LogP contribution is -2.34. The van der Waals surface area contributed by atoms with Gasteiger partial charge in [-0.05, 0) is 51.2 Å². The Bertz CT molecular complexity index is 866. The third-order valence-electron chi connectivity index (χ3n) is 5.68. The first kappa shape index (κ1) is 17.9. The van der Waals surface area contributed by atoms with Crippen molar-refractivity contribution in [3.63, 3.8) is 0 Å². The molecule has 0 unspecified atom stereocenters. The van der Waals surface area contributed by atoms with Gasteiger partial charge in [0.2, 0.25) is 5.82 Å². The number of carbonyl (C=O) groups is 1. The molecule has 1 aromatic heterocycles. The van der Waals surface area contributed by atoms with Crippen LogP contribution in [0.25, 0.3) is 0 Å². The van der Waals surface area contributed by atoms with Gasteiger partial charge < -0.3 is 15.5 Å². The second-order valence-electron chi connectivity index (χ2n) is 7.62. The Morgan fingerprint density at radius 3 is 2.74 bits per heavy atom. The number of benzene rings is 1. The second kappa shape index (κ2) is 7.27. The fourth-order valence-electron chi connectivity index (χ4n) is 4.02. The molecule has 0 saturated carbocycles. The predicted molar refractivity (Wildman–Crippen MR) is 107 cm³/mol. The zero-order chi connectivity index (χ0) is 19.0. The van der Waals surface area contributed by atoms with Gasteiger partial charge >= 0.3 is 0 Å². The van der Waals surface area contributed by atoms with Crippen molar-refractivity contribution in [2.45, 2.75) is 45.6 Å². The molecule has 1 atom stereocenters. The van der Waals surface area contributed by atoms with Crippen molar-refractivity contribution in [2.24, 2.45) is 5.73 Å². The Hall–Kier alpha value is -2.47. The molecule has 0 radical (unpaired) electrons. The Kier molecular flexibility index (Phi) is 4.83. The van der Waals surface area contributed by atoms with Crippen LogP contribution in [0.15, 0.2) is 24.3 Å². The highest BCUT2D eigenvalue weighted by Crippen LogP contribution is 2.28. The van der Waals surface area contributed by atoms with Crippen LogP contribution in [-0.2, 0) is 6.42 Å². The van der Waals surface area contributed by atoms with Crippen LogP contribution in [0.2, 0.25) is 0 Å². The molecule has 27 heavy (non-hydrogen) atoms. The van der Waals surface area contributed by atoms with Gasteiger partial charge in [-0.1, -0.05) is 18.2 Å². The molecule has 6 nitrogen and oxygen atoms in total. The molecule has 0 spiro atoms. The first-order chi connectivity index (χ1) is 13.0. The van der Waals surface area contributed by atoms with Crippen molar-refractivity contribution in [3.8, 4) is 0 Å². The number of fused-ring (bicyclic) bond motifs is 1. The zero-order valence-electron chi connectivity index (χ0n) is 16.1. The summed E-state index contributed by atoms with van der Waals surface area (Å²) in [5.41, 5.74) is 10.2. The van der Waals surface area contributed by atoms with Crippen LogP contribution in [0, 0.1) is 13.8 Å².